The number of esters is 2. The molecule has 6 heteroatoms. The van der Waals surface area contributed by atoms with Gasteiger partial charge in [0.05, 0.1) is 23.0 Å². The Balaban J connectivity index is 1.30. The van der Waals surface area contributed by atoms with E-state index in [-0.39, 0.29) is 53.6 Å². The molecular formula is C33H40O6. The minimum absolute atomic E-state index is 0.0306. The van der Waals surface area contributed by atoms with Crippen molar-refractivity contribution in [3.63, 3.8) is 0 Å². The van der Waals surface area contributed by atoms with Gasteiger partial charge in [0, 0.05) is 17.3 Å². The maximum atomic E-state index is 13.5. The number of benzene rings is 1. The van der Waals surface area contributed by atoms with Crippen LogP contribution in [-0.4, -0.2) is 36.0 Å². The SMILES string of the molecule is CC[C@H]1[C@@H]2CC3=C(C)[C@H](c4ccc(OC(=O)C(C)(C)C)cc4)C[C@@H]3O[C@@H]2[C@@H]2OC(=O)[C@]3(C)C=CC(=O)[C@@]1(C)[C@@H]23. The summed E-state index contributed by atoms with van der Waals surface area (Å²) >= 11 is 0. The molecule has 0 spiro atoms. The summed E-state index contributed by atoms with van der Waals surface area (Å²) < 4.78 is 18.5. The van der Waals surface area contributed by atoms with Crippen LogP contribution in [0.5, 0.6) is 5.75 Å². The first kappa shape index (κ1) is 26.5. The van der Waals surface area contributed by atoms with E-state index in [2.05, 4.69) is 20.8 Å². The Bertz CT molecular complexity index is 1300. The zero-order chi connectivity index (χ0) is 28.1. The fourth-order valence-electron chi connectivity index (χ4n) is 8.55. The van der Waals surface area contributed by atoms with Crippen molar-refractivity contribution >= 4 is 17.7 Å². The molecule has 6 nitrogen and oxygen atoms in total. The predicted octanol–water partition coefficient (Wildman–Crippen LogP) is 5.95. The number of carbonyl (C=O) groups excluding carboxylic acids is 3. The van der Waals surface area contributed by atoms with Gasteiger partial charge in [-0.05, 0) is 88.6 Å². The van der Waals surface area contributed by atoms with E-state index in [0.717, 1.165) is 19.3 Å². The molecule has 0 N–H and O–H groups in total. The van der Waals surface area contributed by atoms with Crippen LogP contribution in [0.3, 0.4) is 0 Å². The summed E-state index contributed by atoms with van der Waals surface area (Å²) in [6.07, 6.45) is 5.31. The maximum absolute atomic E-state index is 13.5. The summed E-state index contributed by atoms with van der Waals surface area (Å²) in [5, 5.41) is 0. The zero-order valence-corrected chi connectivity index (χ0v) is 24.1. The molecule has 5 aliphatic rings. The van der Waals surface area contributed by atoms with Gasteiger partial charge < -0.3 is 14.2 Å². The molecule has 2 saturated heterocycles. The van der Waals surface area contributed by atoms with Crippen LogP contribution in [0, 0.1) is 34.0 Å². The van der Waals surface area contributed by atoms with E-state index in [0.29, 0.717) is 5.75 Å². The summed E-state index contributed by atoms with van der Waals surface area (Å²) in [7, 11) is 0. The molecule has 208 valence electrons. The fourth-order valence-corrected chi connectivity index (χ4v) is 8.55. The van der Waals surface area contributed by atoms with Gasteiger partial charge in [-0.3, -0.25) is 14.4 Å². The summed E-state index contributed by atoms with van der Waals surface area (Å²) in [4.78, 5) is 39.0. The molecule has 3 aliphatic carbocycles. The highest BCUT2D eigenvalue weighted by atomic mass is 16.6. The molecule has 0 aromatic heterocycles. The molecule has 0 amide bonds. The molecule has 1 saturated carbocycles. The molecule has 39 heavy (non-hydrogen) atoms. The third-order valence-electron chi connectivity index (χ3n) is 10.6. The molecule has 0 bridgehead atoms. The lowest BCUT2D eigenvalue weighted by Crippen LogP contribution is -2.64. The first-order valence-electron chi connectivity index (χ1n) is 14.4. The van der Waals surface area contributed by atoms with Crippen LogP contribution >= 0.6 is 0 Å². The highest BCUT2D eigenvalue weighted by Gasteiger charge is 2.72. The van der Waals surface area contributed by atoms with E-state index >= 15 is 0 Å². The lowest BCUT2D eigenvalue weighted by Gasteiger charge is -2.58. The number of allylic oxidation sites excluding steroid dienone is 2. The summed E-state index contributed by atoms with van der Waals surface area (Å²) in [6.45, 7) is 13.9. The molecule has 2 aliphatic heterocycles. The van der Waals surface area contributed by atoms with E-state index in [1.54, 1.807) is 12.2 Å². The topological polar surface area (TPSA) is 78.9 Å². The van der Waals surface area contributed by atoms with Gasteiger partial charge >= 0.3 is 11.9 Å². The van der Waals surface area contributed by atoms with Crippen LogP contribution in [0.15, 0.2) is 47.6 Å². The van der Waals surface area contributed by atoms with Gasteiger partial charge in [0.25, 0.3) is 0 Å². The predicted molar refractivity (Wildman–Crippen MR) is 146 cm³/mol. The van der Waals surface area contributed by atoms with Crippen LogP contribution in [0.2, 0.25) is 0 Å². The Morgan fingerprint density at radius 2 is 1.79 bits per heavy atom. The molecule has 2 heterocycles. The Kier molecular flexibility index (Phi) is 5.86. The van der Waals surface area contributed by atoms with E-state index < -0.39 is 22.3 Å². The van der Waals surface area contributed by atoms with E-state index in [1.807, 2.05) is 52.0 Å². The van der Waals surface area contributed by atoms with Crippen LogP contribution in [0.25, 0.3) is 0 Å². The van der Waals surface area contributed by atoms with Crippen molar-refractivity contribution in [2.24, 2.45) is 34.0 Å². The molecule has 1 aromatic carbocycles. The Hall–Kier alpha value is -2.73. The van der Waals surface area contributed by atoms with Gasteiger partial charge in [0.15, 0.2) is 5.78 Å². The van der Waals surface area contributed by atoms with E-state index in [9.17, 15) is 14.4 Å². The molecule has 6 rings (SSSR count). The molecule has 9 atom stereocenters. The van der Waals surface area contributed by atoms with Crippen LogP contribution < -0.4 is 4.74 Å². The summed E-state index contributed by atoms with van der Waals surface area (Å²) in [5.41, 5.74) is 1.81. The summed E-state index contributed by atoms with van der Waals surface area (Å²) in [6, 6.07) is 7.83. The smallest absolute Gasteiger partial charge is 0.316 e. The maximum Gasteiger partial charge on any atom is 0.316 e. The molecule has 0 radical (unpaired) electrons. The van der Waals surface area contributed by atoms with Gasteiger partial charge in [0.1, 0.15) is 11.9 Å². The average Bonchev–Trinajstić information content (AvgIpc) is 3.35. The van der Waals surface area contributed by atoms with Crippen molar-refractivity contribution in [3.8, 4) is 5.75 Å². The van der Waals surface area contributed by atoms with Gasteiger partial charge in [-0.25, -0.2) is 0 Å². The minimum atomic E-state index is -0.794. The quantitative estimate of drug-likeness (QED) is 0.272. The Morgan fingerprint density at radius 1 is 1.10 bits per heavy atom. The van der Waals surface area contributed by atoms with Crippen LogP contribution in [0.1, 0.15) is 79.2 Å². The number of ketones is 1. The Labute approximate surface area is 231 Å². The molecule has 1 aromatic rings. The standard InChI is InChI=1S/C33H40O6/c1-8-23-22-15-21-17(2)20(18-9-11-19(12-10-18)37-29(35)31(3,4)5)16-24(21)38-26(22)27-28-32(6,30(36)39-27)14-13-25(34)33(23,28)7/h9-14,20,22-24,26-28H,8,15-16H2,1-7H3/t20-,22+,23+,24+,26+,27+,28+,32-,33+/m1/s1. The van der Waals surface area contributed by atoms with Crippen molar-refractivity contribution in [2.75, 3.05) is 0 Å². The average molecular weight is 533 g/mol. The van der Waals surface area contributed by atoms with Crippen molar-refractivity contribution in [3.05, 3.63) is 53.1 Å². The van der Waals surface area contributed by atoms with E-state index in [4.69, 9.17) is 14.2 Å². The molecule has 3 fully saturated rings. The van der Waals surface area contributed by atoms with Gasteiger partial charge in [-0.15, -0.1) is 0 Å². The fraction of sp³-hybridized carbons (Fsp3) is 0.606. The second kappa shape index (κ2) is 8.63. The number of hydrogen-bond donors (Lipinski definition) is 0. The number of ether oxygens (including phenoxy) is 3. The molecular weight excluding hydrogens is 492 g/mol. The number of hydrogen-bond acceptors (Lipinski definition) is 6. The van der Waals surface area contributed by atoms with Gasteiger partial charge in [0.2, 0.25) is 0 Å². The van der Waals surface area contributed by atoms with Crippen molar-refractivity contribution in [1.82, 2.24) is 0 Å². The highest BCUT2D eigenvalue weighted by Crippen LogP contribution is 2.65. The third-order valence-corrected chi connectivity index (χ3v) is 10.6. The number of fused-ring (bicyclic) bond motifs is 3. The van der Waals surface area contributed by atoms with Crippen LogP contribution in [0.4, 0.5) is 0 Å². The zero-order valence-electron chi connectivity index (χ0n) is 24.1. The Morgan fingerprint density at radius 3 is 2.44 bits per heavy atom. The van der Waals surface area contributed by atoms with Crippen molar-refractivity contribution < 1.29 is 28.6 Å². The van der Waals surface area contributed by atoms with Crippen molar-refractivity contribution in [2.45, 2.75) is 92.0 Å². The first-order valence-corrected chi connectivity index (χ1v) is 14.4. The second-order valence-corrected chi connectivity index (χ2v) is 13.8. The molecule has 0 unspecified atom stereocenters. The van der Waals surface area contributed by atoms with Crippen LogP contribution in [-0.2, 0) is 23.9 Å². The normalized spacial score (nSPS) is 40.6. The lowest BCUT2D eigenvalue weighted by atomic mass is 9.45. The van der Waals surface area contributed by atoms with Crippen molar-refractivity contribution in [1.29, 1.82) is 0 Å². The summed E-state index contributed by atoms with van der Waals surface area (Å²) in [5.74, 6) is 0.381. The second-order valence-electron chi connectivity index (χ2n) is 13.8. The minimum Gasteiger partial charge on any atom is -0.459 e. The lowest BCUT2D eigenvalue weighted by molar-refractivity contribution is -0.202. The first-order chi connectivity index (χ1) is 18.3. The largest absolute Gasteiger partial charge is 0.459 e. The van der Waals surface area contributed by atoms with Gasteiger partial charge in [-0.1, -0.05) is 44.1 Å². The highest BCUT2D eigenvalue weighted by molar-refractivity contribution is 6.00. The van der Waals surface area contributed by atoms with E-state index in [1.165, 1.54) is 16.7 Å². The monoisotopic (exact) mass is 532 g/mol. The van der Waals surface area contributed by atoms with Gasteiger partial charge in [-0.2, -0.15) is 0 Å². The number of rotatable bonds is 3. The number of carbonyl (C=O) groups is 3. The third kappa shape index (κ3) is 3.66.